The topological polar surface area (TPSA) is 48.0 Å². The molecule has 1 aromatic heterocycles. The zero-order valence-corrected chi connectivity index (χ0v) is 10.8. The number of pyridine rings is 1. The molecule has 0 aliphatic heterocycles. The fourth-order valence-electron chi connectivity index (χ4n) is 2.76. The van der Waals surface area contributed by atoms with Crippen molar-refractivity contribution in [2.45, 2.75) is 52.0 Å². The maximum Gasteiger partial charge on any atom is 0.252 e. The summed E-state index contributed by atoms with van der Waals surface area (Å²) in [7, 11) is 0. The molecule has 17 heavy (non-hydrogen) atoms. The van der Waals surface area contributed by atoms with Crippen molar-refractivity contribution in [2.75, 3.05) is 5.73 Å². The molecule has 0 bridgehead atoms. The molecule has 3 nitrogen and oxygen atoms in total. The van der Waals surface area contributed by atoms with Crippen molar-refractivity contribution in [1.29, 1.82) is 0 Å². The Morgan fingerprint density at radius 3 is 2.59 bits per heavy atom. The molecule has 1 heterocycles. The first-order valence-electron chi connectivity index (χ1n) is 6.58. The molecular weight excluding hydrogens is 212 g/mol. The Morgan fingerprint density at radius 2 is 2.00 bits per heavy atom. The molecule has 1 saturated carbocycles. The lowest BCUT2D eigenvalue weighted by Gasteiger charge is -2.19. The molecule has 1 aromatic rings. The number of anilines is 1. The second-order valence-electron chi connectivity index (χ2n) is 5.54. The third kappa shape index (κ3) is 2.71. The molecule has 2 rings (SSSR count). The highest BCUT2D eigenvalue weighted by Gasteiger charge is 2.21. The van der Waals surface area contributed by atoms with Gasteiger partial charge in [-0.25, -0.2) is 0 Å². The highest BCUT2D eigenvalue weighted by Crippen LogP contribution is 2.34. The molecule has 0 aromatic carbocycles. The van der Waals surface area contributed by atoms with Gasteiger partial charge >= 0.3 is 0 Å². The summed E-state index contributed by atoms with van der Waals surface area (Å²) in [6.45, 7) is 5.08. The Morgan fingerprint density at radius 1 is 1.35 bits per heavy atom. The summed E-state index contributed by atoms with van der Waals surface area (Å²) in [5.74, 6) is 1.02. The smallest absolute Gasteiger partial charge is 0.252 e. The summed E-state index contributed by atoms with van der Waals surface area (Å²) in [5, 5.41) is 0. The Kier molecular flexibility index (Phi) is 3.55. The van der Waals surface area contributed by atoms with Gasteiger partial charge in [-0.1, -0.05) is 26.7 Å². The molecule has 0 spiro atoms. The zero-order valence-electron chi connectivity index (χ0n) is 10.8. The van der Waals surface area contributed by atoms with Gasteiger partial charge < -0.3 is 10.3 Å². The highest BCUT2D eigenvalue weighted by molar-refractivity contribution is 5.39. The van der Waals surface area contributed by atoms with E-state index in [0.717, 1.165) is 12.2 Å². The van der Waals surface area contributed by atoms with E-state index >= 15 is 0 Å². The molecule has 0 saturated heterocycles. The quantitative estimate of drug-likeness (QED) is 0.874. The van der Waals surface area contributed by atoms with Crippen LogP contribution in [-0.4, -0.2) is 4.57 Å². The van der Waals surface area contributed by atoms with Crippen molar-refractivity contribution < 1.29 is 0 Å². The Hall–Kier alpha value is -1.25. The van der Waals surface area contributed by atoms with Crippen molar-refractivity contribution in [3.63, 3.8) is 0 Å². The summed E-state index contributed by atoms with van der Waals surface area (Å²) in [6, 6.07) is 3.54. The van der Waals surface area contributed by atoms with Crippen LogP contribution in [0.4, 0.5) is 5.69 Å². The molecule has 0 atom stereocenters. The van der Waals surface area contributed by atoms with Crippen LogP contribution in [0, 0.1) is 5.92 Å². The van der Waals surface area contributed by atoms with Crippen molar-refractivity contribution in [3.8, 4) is 0 Å². The highest BCUT2D eigenvalue weighted by atomic mass is 16.1. The summed E-state index contributed by atoms with van der Waals surface area (Å²) >= 11 is 0. The fourth-order valence-corrected chi connectivity index (χ4v) is 2.76. The monoisotopic (exact) mass is 234 g/mol. The van der Waals surface area contributed by atoms with Crippen LogP contribution in [-0.2, 0) is 6.54 Å². The molecule has 0 unspecified atom stereocenters. The van der Waals surface area contributed by atoms with Crippen LogP contribution < -0.4 is 11.3 Å². The van der Waals surface area contributed by atoms with Gasteiger partial charge in [0, 0.05) is 24.0 Å². The first-order valence-corrected chi connectivity index (χ1v) is 6.58. The van der Waals surface area contributed by atoms with Gasteiger partial charge in [-0.3, -0.25) is 4.79 Å². The van der Waals surface area contributed by atoms with E-state index in [-0.39, 0.29) is 5.56 Å². The Labute approximate surface area is 103 Å². The van der Waals surface area contributed by atoms with Crippen LogP contribution in [0.1, 0.15) is 51.1 Å². The van der Waals surface area contributed by atoms with E-state index in [4.69, 9.17) is 5.73 Å². The third-order valence-corrected chi connectivity index (χ3v) is 3.50. The lowest BCUT2D eigenvalue weighted by molar-refractivity contribution is 0.479. The molecule has 1 aliphatic carbocycles. The van der Waals surface area contributed by atoms with Gasteiger partial charge in [0.2, 0.25) is 0 Å². The maximum atomic E-state index is 12.0. The summed E-state index contributed by atoms with van der Waals surface area (Å²) in [4.78, 5) is 12.0. The summed E-state index contributed by atoms with van der Waals surface area (Å²) < 4.78 is 1.93. The predicted octanol–water partition coefficient (Wildman–Crippen LogP) is 2.74. The number of nitrogens with two attached hydrogens (primary N) is 1. The minimum absolute atomic E-state index is 0.0561. The van der Waals surface area contributed by atoms with Crippen LogP contribution >= 0.6 is 0 Å². The molecular formula is C14H22N2O. The second kappa shape index (κ2) is 4.94. The SMILES string of the molecule is CC(C)Cn1c(C2CCCC2)cc(N)cc1=O. The standard InChI is InChI=1S/C14H22N2O/c1-10(2)9-16-13(11-5-3-4-6-11)7-12(15)8-14(16)17/h7-8,10-11H,3-6,9,15H2,1-2H3. The molecule has 3 heteroatoms. The van der Waals surface area contributed by atoms with Gasteiger partial charge in [0.15, 0.2) is 0 Å². The number of nitrogen functional groups attached to an aromatic ring is 1. The number of hydrogen-bond acceptors (Lipinski definition) is 2. The van der Waals surface area contributed by atoms with E-state index in [1.807, 2.05) is 10.6 Å². The van der Waals surface area contributed by atoms with E-state index < -0.39 is 0 Å². The normalized spacial score (nSPS) is 16.9. The van der Waals surface area contributed by atoms with E-state index in [9.17, 15) is 4.79 Å². The lowest BCUT2D eigenvalue weighted by Crippen LogP contribution is -2.26. The van der Waals surface area contributed by atoms with E-state index in [1.54, 1.807) is 6.07 Å². The van der Waals surface area contributed by atoms with E-state index in [2.05, 4.69) is 13.8 Å². The van der Waals surface area contributed by atoms with E-state index in [1.165, 1.54) is 25.7 Å². The van der Waals surface area contributed by atoms with Crippen molar-refractivity contribution >= 4 is 5.69 Å². The fraction of sp³-hybridized carbons (Fsp3) is 0.643. The minimum atomic E-state index is 0.0561. The minimum Gasteiger partial charge on any atom is -0.399 e. The molecule has 94 valence electrons. The zero-order chi connectivity index (χ0) is 12.4. The first kappa shape index (κ1) is 12.2. The van der Waals surface area contributed by atoms with Crippen LogP contribution in [0.2, 0.25) is 0 Å². The van der Waals surface area contributed by atoms with Gasteiger partial charge in [0.1, 0.15) is 0 Å². The van der Waals surface area contributed by atoms with Crippen molar-refractivity contribution in [3.05, 3.63) is 28.2 Å². The van der Waals surface area contributed by atoms with Crippen LogP contribution in [0.5, 0.6) is 0 Å². The second-order valence-corrected chi connectivity index (χ2v) is 5.54. The van der Waals surface area contributed by atoms with Gasteiger partial charge in [-0.15, -0.1) is 0 Å². The average Bonchev–Trinajstić information content (AvgIpc) is 2.74. The predicted molar refractivity (Wildman–Crippen MR) is 71.2 cm³/mol. The number of rotatable bonds is 3. The van der Waals surface area contributed by atoms with Gasteiger partial charge in [0.25, 0.3) is 5.56 Å². The van der Waals surface area contributed by atoms with Gasteiger partial charge in [-0.2, -0.15) is 0 Å². The largest absolute Gasteiger partial charge is 0.399 e. The summed E-state index contributed by atoms with van der Waals surface area (Å²) in [6.07, 6.45) is 4.94. The maximum absolute atomic E-state index is 12.0. The number of nitrogens with zero attached hydrogens (tertiary/aromatic N) is 1. The van der Waals surface area contributed by atoms with Gasteiger partial charge in [0.05, 0.1) is 0 Å². The number of hydrogen-bond donors (Lipinski definition) is 1. The molecule has 1 fully saturated rings. The van der Waals surface area contributed by atoms with Crippen LogP contribution in [0.3, 0.4) is 0 Å². The Bertz CT molecular complexity index is 442. The molecule has 0 amide bonds. The Balaban J connectivity index is 2.42. The van der Waals surface area contributed by atoms with Gasteiger partial charge in [-0.05, 0) is 30.7 Å². The molecule has 2 N–H and O–H groups in total. The van der Waals surface area contributed by atoms with E-state index in [0.29, 0.717) is 17.5 Å². The lowest BCUT2D eigenvalue weighted by atomic mass is 10.0. The molecule has 0 radical (unpaired) electrons. The average molecular weight is 234 g/mol. The number of aromatic nitrogens is 1. The van der Waals surface area contributed by atoms with Crippen molar-refractivity contribution in [2.24, 2.45) is 5.92 Å². The first-order chi connectivity index (χ1) is 8.08. The summed E-state index contributed by atoms with van der Waals surface area (Å²) in [5.41, 5.74) is 7.63. The van der Waals surface area contributed by atoms with Crippen molar-refractivity contribution in [1.82, 2.24) is 4.57 Å². The third-order valence-electron chi connectivity index (χ3n) is 3.50. The molecule has 1 aliphatic rings. The van der Waals surface area contributed by atoms with Crippen LogP contribution in [0.15, 0.2) is 16.9 Å². The van der Waals surface area contributed by atoms with Crippen LogP contribution in [0.25, 0.3) is 0 Å².